The number of rotatable bonds is 9. The lowest BCUT2D eigenvalue weighted by Gasteiger charge is -2.33. The van der Waals surface area contributed by atoms with Crippen LogP contribution in [0.1, 0.15) is 32.6 Å². The van der Waals surface area contributed by atoms with Gasteiger partial charge in [-0.15, -0.1) is 0 Å². The van der Waals surface area contributed by atoms with Crippen LogP contribution in [0.3, 0.4) is 0 Å². The first-order valence-electron chi connectivity index (χ1n) is 8.79. The summed E-state index contributed by atoms with van der Waals surface area (Å²) >= 11 is 0. The molecule has 2 N–H and O–H groups in total. The molecule has 7 heteroatoms. The maximum Gasteiger partial charge on any atom is 0.220 e. The van der Waals surface area contributed by atoms with E-state index in [1.54, 1.807) is 13.4 Å². The zero-order chi connectivity index (χ0) is 17.2. The number of carbonyl (C=O) groups is 1. The monoisotopic (exact) mass is 335 g/mol. The summed E-state index contributed by atoms with van der Waals surface area (Å²) in [7, 11) is 1.64. The molecule has 2 heterocycles. The lowest BCUT2D eigenvalue weighted by atomic mass is 9.93. The van der Waals surface area contributed by atoms with E-state index in [2.05, 4.69) is 32.4 Å². The van der Waals surface area contributed by atoms with Gasteiger partial charge in [-0.1, -0.05) is 0 Å². The van der Waals surface area contributed by atoms with Gasteiger partial charge in [0, 0.05) is 45.8 Å². The van der Waals surface area contributed by atoms with Crippen LogP contribution < -0.4 is 15.5 Å². The van der Waals surface area contributed by atoms with Crippen LogP contribution in [0.15, 0.2) is 12.4 Å². The summed E-state index contributed by atoms with van der Waals surface area (Å²) in [4.78, 5) is 22.8. The van der Waals surface area contributed by atoms with Crippen LogP contribution >= 0.6 is 0 Å². The number of aromatic nitrogens is 2. The normalized spacial score (nSPS) is 17.6. The SMILES string of the molecule is CCNc1cc(N2CCC[C@@H](CCC(=O)NCCOC)C2)ncn1. The van der Waals surface area contributed by atoms with E-state index in [1.165, 1.54) is 6.42 Å². The summed E-state index contributed by atoms with van der Waals surface area (Å²) < 4.78 is 4.94. The second-order valence-electron chi connectivity index (χ2n) is 6.13. The Morgan fingerprint density at radius 2 is 2.33 bits per heavy atom. The van der Waals surface area contributed by atoms with Gasteiger partial charge in [0.2, 0.25) is 5.91 Å². The molecule has 1 aliphatic rings. The number of carbonyl (C=O) groups excluding carboxylic acids is 1. The highest BCUT2D eigenvalue weighted by Crippen LogP contribution is 2.25. The molecule has 0 spiro atoms. The van der Waals surface area contributed by atoms with Crippen molar-refractivity contribution in [1.82, 2.24) is 15.3 Å². The standard InChI is InChI=1S/C17H29N5O2/c1-3-18-15-11-16(21-13-20-15)22-9-4-5-14(12-22)6-7-17(23)19-8-10-24-2/h11,13-14H,3-10,12H2,1-2H3,(H,19,23)(H,18,20,21)/t14-/m0/s1. The maximum atomic E-state index is 11.8. The van der Waals surface area contributed by atoms with E-state index in [0.717, 1.165) is 44.1 Å². The summed E-state index contributed by atoms with van der Waals surface area (Å²) in [6.07, 6.45) is 5.42. The molecule has 134 valence electrons. The molecule has 1 atom stereocenters. The van der Waals surface area contributed by atoms with Crippen LogP contribution in [-0.2, 0) is 9.53 Å². The fourth-order valence-electron chi connectivity index (χ4n) is 3.02. The zero-order valence-electron chi connectivity index (χ0n) is 14.8. The zero-order valence-corrected chi connectivity index (χ0v) is 14.8. The van der Waals surface area contributed by atoms with E-state index in [1.807, 2.05) is 6.07 Å². The van der Waals surface area contributed by atoms with E-state index >= 15 is 0 Å². The van der Waals surface area contributed by atoms with E-state index in [0.29, 0.717) is 25.5 Å². The Kier molecular flexibility index (Phi) is 7.74. The van der Waals surface area contributed by atoms with Gasteiger partial charge in [-0.2, -0.15) is 0 Å². The number of hydrogen-bond donors (Lipinski definition) is 2. The predicted molar refractivity (Wildman–Crippen MR) is 95.3 cm³/mol. The average Bonchev–Trinajstić information content (AvgIpc) is 2.61. The molecule has 1 aromatic rings. The Balaban J connectivity index is 1.81. The van der Waals surface area contributed by atoms with Crippen molar-refractivity contribution in [1.29, 1.82) is 0 Å². The Bertz CT molecular complexity index is 512. The second kappa shape index (κ2) is 10.1. The molecule has 1 aromatic heterocycles. The van der Waals surface area contributed by atoms with Gasteiger partial charge in [-0.3, -0.25) is 4.79 Å². The van der Waals surface area contributed by atoms with Crippen LogP contribution in [-0.4, -0.2) is 55.8 Å². The minimum absolute atomic E-state index is 0.112. The summed E-state index contributed by atoms with van der Waals surface area (Å²) in [6.45, 7) is 6.01. The number of nitrogens with zero attached hydrogens (tertiary/aromatic N) is 3. The van der Waals surface area contributed by atoms with Crippen LogP contribution in [0.2, 0.25) is 0 Å². The van der Waals surface area contributed by atoms with Crippen LogP contribution in [0.25, 0.3) is 0 Å². The first-order chi connectivity index (χ1) is 11.7. The number of ether oxygens (including phenoxy) is 1. The van der Waals surface area contributed by atoms with Crippen LogP contribution in [0.5, 0.6) is 0 Å². The number of anilines is 2. The first kappa shape index (κ1) is 18.4. The second-order valence-corrected chi connectivity index (χ2v) is 6.13. The molecule has 0 bridgehead atoms. The summed E-state index contributed by atoms with van der Waals surface area (Å²) in [6, 6.07) is 2.00. The molecule has 1 fully saturated rings. The van der Waals surface area contributed by atoms with E-state index in [9.17, 15) is 4.79 Å². The van der Waals surface area contributed by atoms with Crippen molar-refractivity contribution in [3.63, 3.8) is 0 Å². The van der Waals surface area contributed by atoms with Gasteiger partial charge in [0.25, 0.3) is 0 Å². The minimum atomic E-state index is 0.112. The fourth-order valence-corrected chi connectivity index (χ4v) is 3.02. The molecule has 0 aliphatic carbocycles. The third-order valence-electron chi connectivity index (χ3n) is 4.26. The molecule has 1 amide bonds. The molecule has 0 unspecified atom stereocenters. The third kappa shape index (κ3) is 5.96. The largest absolute Gasteiger partial charge is 0.383 e. The molecule has 0 aromatic carbocycles. The molecule has 0 radical (unpaired) electrons. The van der Waals surface area contributed by atoms with Gasteiger partial charge in [0.15, 0.2) is 0 Å². The average molecular weight is 335 g/mol. The highest BCUT2D eigenvalue weighted by molar-refractivity contribution is 5.75. The molecular weight excluding hydrogens is 306 g/mol. The molecule has 24 heavy (non-hydrogen) atoms. The number of piperidine rings is 1. The van der Waals surface area contributed by atoms with Crippen molar-refractivity contribution < 1.29 is 9.53 Å². The molecule has 2 rings (SSSR count). The quantitative estimate of drug-likeness (QED) is 0.668. The minimum Gasteiger partial charge on any atom is -0.383 e. The number of amides is 1. The Hall–Kier alpha value is -1.89. The molecule has 1 saturated heterocycles. The number of methoxy groups -OCH3 is 1. The summed E-state index contributed by atoms with van der Waals surface area (Å²) in [5.41, 5.74) is 0. The van der Waals surface area contributed by atoms with Crippen molar-refractivity contribution in [2.45, 2.75) is 32.6 Å². The number of hydrogen-bond acceptors (Lipinski definition) is 6. The van der Waals surface area contributed by atoms with Crippen LogP contribution in [0, 0.1) is 5.92 Å². The highest BCUT2D eigenvalue weighted by atomic mass is 16.5. The Morgan fingerprint density at radius 3 is 3.12 bits per heavy atom. The lowest BCUT2D eigenvalue weighted by molar-refractivity contribution is -0.121. The van der Waals surface area contributed by atoms with Crippen LogP contribution in [0.4, 0.5) is 11.6 Å². The van der Waals surface area contributed by atoms with Gasteiger partial charge in [0.1, 0.15) is 18.0 Å². The lowest BCUT2D eigenvalue weighted by Crippen LogP contribution is -2.36. The van der Waals surface area contributed by atoms with Gasteiger partial charge < -0.3 is 20.3 Å². The third-order valence-corrected chi connectivity index (χ3v) is 4.26. The first-order valence-corrected chi connectivity index (χ1v) is 8.79. The van der Waals surface area contributed by atoms with E-state index < -0.39 is 0 Å². The molecular formula is C17H29N5O2. The molecule has 0 saturated carbocycles. The van der Waals surface area contributed by atoms with Gasteiger partial charge in [-0.05, 0) is 32.1 Å². The van der Waals surface area contributed by atoms with Crippen molar-refractivity contribution in [2.24, 2.45) is 5.92 Å². The fraction of sp³-hybridized carbons (Fsp3) is 0.706. The summed E-state index contributed by atoms with van der Waals surface area (Å²) in [5, 5.41) is 6.10. The molecule has 7 nitrogen and oxygen atoms in total. The predicted octanol–water partition coefficient (Wildman–Crippen LogP) is 1.67. The maximum absolute atomic E-state index is 11.8. The van der Waals surface area contributed by atoms with Crippen molar-refractivity contribution in [2.75, 3.05) is 50.1 Å². The summed E-state index contributed by atoms with van der Waals surface area (Å²) in [5.74, 6) is 2.47. The van der Waals surface area contributed by atoms with E-state index in [4.69, 9.17) is 4.74 Å². The van der Waals surface area contributed by atoms with Crippen molar-refractivity contribution in [3.05, 3.63) is 12.4 Å². The van der Waals surface area contributed by atoms with Gasteiger partial charge >= 0.3 is 0 Å². The molecule has 1 aliphatic heterocycles. The topological polar surface area (TPSA) is 79.4 Å². The smallest absolute Gasteiger partial charge is 0.220 e. The van der Waals surface area contributed by atoms with E-state index in [-0.39, 0.29) is 5.91 Å². The number of nitrogens with one attached hydrogen (secondary N) is 2. The van der Waals surface area contributed by atoms with Gasteiger partial charge in [-0.25, -0.2) is 9.97 Å². The highest BCUT2D eigenvalue weighted by Gasteiger charge is 2.21. The van der Waals surface area contributed by atoms with Gasteiger partial charge in [0.05, 0.1) is 6.61 Å². The van der Waals surface area contributed by atoms with Crippen molar-refractivity contribution >= 4 is 17.5 Å². The van der Waals surface area contributed by atoms with Crippen molar-refractivity contribution in [3.8, 4) is 0 Å². The Morgan fingerprint density at radius 1 is 1.46 bits per heavy atom. The Labute approximate surface area is 144 Å².